The van der Waals surface area contributed by atoms with Crippen LogP contribution in [0.5, 0.6) is 0 Å². The molecule has 0 aromatic carbocycles. The monoisotopic (exact) mass is 143 g/mol. The lowest BCUT2D eigenvalue weighted by Gasteiger charge is -2.12. The molecule has 1 atom stereocenters. The summed E-state index contributed by atoms with van der Waals surface area (Å²) in [5.41, 5.74) is 0. The van der Waals surface area contributed by atoms with Crippen LogP contribution in [0.15, 0.2) is 11.8 Å². The van der Waals surface area contributed by atoms with E-state index in [1.54, 1.807) is 0 Å². The van der Waals surface area contributed by atoms with Gasteiger partial charge < -0.3 is 14.7 Å². The number of aliphatic hydroxyl groups excluding tert-OH is 1. The SMILES string of the molecule is COC1=CC(O)N(C)C1=O. The molecule has 10 heavy (non-hydrogen) atoms. The van der Waals surface area contributed by atoms with Gasteiger partial charge in [0.15, 0.2) is 12.0 Å². The van der Waals surface area contributed by atoms with E-state index in [9.17, 15) is 4.79 Å². The van der Waals surface area contributed by atoms with Crippen LogP contribution in [0, 0.1) is 0 Å². The largest absolute Gasteiger partial charge is 0.491 e. The molecule has 0 saturated carbocycles. The lowest BCUT2D eigenvalue weighted by atomic mass is 10.5. The number of rotatable bonds is 1. The summed E-state index contributed by atoms with van der Waals surface area (Å²) in [5, 5.41) is 9.02. The van der Waals surface area contributed by atoms with Crippen molar-refractivity contribution < 1.29 is 14.6 Å². The minimum atomic E-state index is -0.831. The molecular formula is C6H9NO3. The summed E-state index contributed by atoms with van der Waals surface area (Å²) in [6.07, 6.45) is 0.532. The Morgan fingerprint density at radius 2 is 2.40 bits per heavy atom. The summed E-state index contributed by atoms with van der Waals surface area (Å²) in [7, 11) is 2.91. The molecule has 1 amide bonds. The summed E-state index contributed by atoms with van der Waals surface area (Å²) in [5.74, 6) is -0.0787. The fourth-order valence-electron chi connectivity index (χ4n) is 0.768. The highest BCUT2D eigenvalue weighted by molar-refractivity contribution is 5.93. The van der Waals surface area contributed by atoms with Gasteiger partial charge in [0.25, 0.3) is 5.91 Å². The highest BCUT2D eigenvalue weighted by Gasteiger charge is 2.28. The summed E-state index contributed by atoms with van der Waals surface area (Å²) in [6, 6.07) is 0. The Balaban J connectivity index is 2.78. The third-order valence-electron chi connectivity index (χ3n) is 1.45. The number of carbonyl (C=O) groups is 1. The van der Waals surface area contributed by atoms with Crippen LogP contribution in [0.1, 0.15) is 0 Å². The van der Waals surface area contributed by atoms with Crippen LogP contribution in [0.2, 0.25) is 0 Å². The molecule has 0 aliphatic carbocycles. The molecule has 0 bridgehead atoms. The quantitative estimate of drug-likeness (QED) is 0.528. The van der Waals surface area contributed by atoms with Crippen LogP contribution in [-0.2, 0) is 9.53 Å². The van der Waals surface area contributed by atoms with Gasteiger partial charge in [-0.1, -0.05) is 0 Å². The van der Waals surface area contributed by atoms with E-state index in [0.717, 1.165) is 0 Å². The van der Waals surface area contributed by atoms with Crippen molar-refractivity contribution in [1.29, 1.82) is 0 Å². The number of carbonyl (C=O) groups excluding carboxylic acids is 1. The Bertz CT molecular complexity index is 187. The smallest absolute Gasteiger partial charge is 0.290 e. The summed E-state index contributed by atoms with van der Waals surface area (Å²) < 4.78 is 4.67. The zero-order chi connectivity index (χ0) is 7.72. The number of aliphatic hydroxyl groups is 1. The Hall–Kier alpha value is -1.03. The Morgan fingerprint density at radius 1 is 1.80 bits per heavy atom. The van der Waals surface area contributed by atoms with Crippen LogP contribution in [-0.4, -0.2) is 36.3 Å². The van der Waals surface area contributed by atoms with Gasteiger partial charge in [0.2, 0.25) is 0 Å². The molecule has 0 saturated heterocycles. The van der Waals surface area contributed by atoms with Gasteiger partial charge >= 0.3 is 0 Å². The lowest BCUT2D eigenvalue weighted by Crippen LogP contribution is -2.30. The molecule has 1 heterocycles. The van der Waals surface area contributed by atoms with E-state index in [4.69, 9.17) is 5.11 Å². The number of amides is 1. The average Bonchev–Trinajstić information content (AvgIpc) is 2.17. The minimum Gasteiger partial charge on any atom is -0.491 e. The molecule has 0 radical (unpaired) electrons. The van der Waals surface area contributed by atoms with Gasteiger partial charge in [-0.15, -0.1) is 0 Å². The lowest BCUT2D eigenvalue weighted by molar-refractivity contribution is -0.132. The van der Waals surface area contributed by atoms with Gasteiger partial charge in [-0.25, -0.2) is 0 Å². The van der Waals surface area contributed by atoms with Crippen molar-refractivity contribution in [1.82, 2.24) is 4.90 Å². The van der Waals surface area contributed by atoms with E-state index in [2.05, 4.69) is 4.74 Å². The van der Waals surface area contributed by atoms with Crippen molar-refractivity contribution in [2.75, 3.05) is 14.2 Å². The number of hydrogen-bond acceptors (Lipinski definition) is 3. The molecule has 0 aromatic rings. The molecule has 1 rings (SSSR count). The van der Waals surface area contributed by atoms with Gasteiger partial charge in [0, 0.05) is 13.1 Å². The number of likely N-dealkylation sites (N-methyl/N-ethyl adjacent to an activating group) is 1. The normalized spacial score (nSPS) is 25.1. The van der Waals surface area contributed by atoms with Crippen LogP contribution in [0.4, 0.5) is 0 Å². The Labute approximate surface area is 58.7 Å². The van der Waals surface area contributed by atoms with Gasteiger partial charge in [0.1, 0.15) is 0 Å². The zero-order valence-electron chi connectivity index (χ0n) is 5.87. The van der Waals surface area contributed by atoms with Crippen LogP contribution in [0.25, 0.3) is 0 Å². The first kappa shape index (κ1) is 7.08. The van der Waals surface area contributed by atoms with Crippen LogP contribution < -0.4 is 0 Å². The molecule has 1 aliphatic rings. The van der Waals surface area contributed by atoms with E-state index >= 15 is 0 Å². The predicted molar refractivity (Wildman–Crippen MR) is 33.9 cm³/mol. The first-order valence-electron chi connectivity index (χ1n) is 2.88. The predicted octanol–water partition coefficient (Wildman–Crippen LogP) is -0.693. The molecule has 1 unspecified atom stereocenters. The molecule has 0 aromatic heterocycles. The summed E-state index contributed by atoms with van der Waals surface area (Å²) in [6.45, 7) is 0. The van der Waals surface area contributed by atoms with Crippen molar-refractivity contribution in [3.63, 3.8) is 0 Å². The van der Waals surface area contributed by atoms with Crippen molar-refractivity contribution in [3.05, 3.63) is 11.8 Å². The highest BCUT2D eigenvalue weighted by atomic mass is 16.5. The Morgan fingerprint density at radius 3 is 2.60 bits per heavy atom. The fourth-order valence-corrected chi connectivity index (χ4v) is 0.768. The molecular weight excluding hydrogens is 134 g/mol. The first-order chi connectivity index (χ1) is 4.66. The third kappa shape index (κ3) is 0.863. The van der Waals surface area contributed by atoms with Crippen molar-refractivity contribution in [2.45, 2.75) is 6.23 Å². The number of hydrogen-bond donors (Lipinski definition) is 1. The molecule has 1 aliphatic heterocycles. The zero-order valence-corrected chi connectivity index (χ0v) is 5.87. The second-order valence-corrected chi connectivity index (χ2v) is 2.06. The van der Waals surface area contributed by atoms with E-state index in [1.165, 1.54) is 25.1 Å². The number of ether oxygens (including phenoxy) is 1. The molecule has 4 nitrogen and oxygen atoms in total. The fraction of sp³-hybridized carbons (Fsp3) is 0.500. The van der Waals surface area contributed by atoms with Crippen molar-refractivity contribution in [2.24, 2.45) is 0 Å². The molecule has 0 fully saturated rings. The van der Waals surface area contributed by atoms with Crippen LogP contribution in [0.3, 0.4) is 0 Å². The summed E-state index contributed by atoms with van der Waals surface area (Å²) >= 11 is 0. The topological polar surface area (TPSA) is 49.8 Å². The maximum Gasteiger partial charge on any atom is 0.290 e. The van der Waals surface area contributed by atoms with Crippen molar-refractivity contribution >= 4 is 5.91 Å². The van der Waals surface area contributed by atoms with E-state index < -0.39 is 6.23 Å². The molecule has 4 heteroatoms. The van der Waals surface area contributed by atoms with Crippen LogP contribution >= 0.6 is 0 Å². The van der Waals surface area contributed by atoms with Gasteiger partial charge in [0.05, 0.1) is 7.11 Å². The minimum absolute atomic E-state index is 0.204. The third-order valence-corrected chi connectivity index (χ3v) is 1.45. The maximum atomic E-state index is 10.9. The highest BCUT2D eigenvalue weighted by Crippen LogP contribution is 2.13. The second kappa shape index (κ2) is 2.30. The summed E-state index contributed by atoms with van der Waals surface area (Å²) in [4.78, 5) is 12.1. The van der Waals surface area contributed by atoms with Gasteiger partial charge in [-0.05, 0) is 0 Å². The number of methoxy groups -OCH3 is 1. The average molecular weight is 143 g/mol. The second-order valence-electron chi connectivity index (χ2n) is 2.06. The van der Waals surface area contributed by atoms with Gasteiger partial charge in [-0.3, -0.25) is 4.79 Å². The molecule has 56 valence electrons. The van der Waals surface area contributed by atoms with E-state index in [1.807, 2.05) is 0 Å². The van der Waals surface area contributed by atoms with Crippen molar-refractivity contribution in [3.8, 4) is 0 Å². The van der Waals surface area contributed by atoms with E-state index in [-0.39, 0.29) is 11.7 Å². The molecule has 1 N–H and O–H groups in total. The number of nitrogens with zero attached hydrogens (tertiary/aromatic N) is 1. The van der Waals surface area contributed by atoms with E-state index in [0.29, 0.717) is 0 Å². The maximum absolute atomic E-state index is 10.9. The first-order valence-corrected chi connectivity index (χ1v) is 2.88. The Kier molecular flexibility index (Phi) is 1.63. The molecule has 0 spiro atoms. The van der Waals surface area contributed by atoms with Gasteiger partial charge in [-0.2, -0.15) is 0 Å². The standard InChI is InChI=1S/C6H9NO3/c1-7-5(8)3-4(10-2)6(7)9/h3,5,8H,1-2H3.